The van der Waals surface area contributed by atoms with Gasteiger partial charge >= 0.3 is 0 Å². The van der Waals surface area contributed by atoms with Gasteiger partial charge in [0.05, 0.1) is 5.69 Å². The van der Waals surface area contributed by atoms with Crippen LogP contribution in [0.1, 0.15) is 115 Å². The summed E-state index contributed by atoms with van der Waals surface area (Å²) in [6.07, 6.45) is 2.17. The fraction of sp³-hybridized carbons (Fsp3) is 0.483. The number of allylic oxidation sites excluding steroid dienone is 2. The summed E-state index contributed by atoms with van der Waals surface area (Å²) in [5, 5.41) is 3.71. The van der Waals surface area contributed by atoms with Crippen molar-refractivity contribution in [2.75, 3.05) is 5.32 Å². The topological polar surface area (TPSA) is 24.4 Å². The fourth-order valence-corrected chi connectivity index (χ4v) is 4.09. The van der Waals surface area contributed by atoms with Crippen LogP contribution in [0.2, 0.25) is 0 Å². The van der Waals surface area contributed by atoms with Crippen LogP contribution >= 0.6 is 0 Å². The zero-order valence-electron chi connectivity index (χ0n) is 21.3. The average Bonchev–Trinajstić information content (AvgIpc) is 2.67. The molecule has 0 heterocycles. The minimum Gasteiger partial charge on any atom is -0.359 e. The summed E-state index contributed by atoms with van der Waals surface area (Å²) in [7, 11) is 0. The highest BCUT2D eigenvalue weighted by molar-refractivity contribution is 5.96. The molecule has 2 nitrogen and oxygen atoms in total. The number of rotatable bonds is 8. The Balaban J connectivity index is 2.46. The van der Waals surface area contributed by atoms with Crippen molar-refractivity contribution < 1.29 is 0 Å². The van der Waals surface area contributed by atoms with Crippen LogP contribution in [-0.4, -0.2) is 5.71 Å². The molecule has 0 fully saturated rings. The Hall–Kier alpha value is -2.35. The molecule has 0 radical (unpaired) electrons. The highest BCUT2D eigenvalue weighted by atomic mass is 14.9. The molecule has 2 aromatic rings. The molecule has 0 unspecified atom stereocenters. The molecule has 0 spiro atoms. The van der Waals surface area contributed by atoms with Crippen LogP contribution in [0.15, 0.2) is 53.2 Å². The van der Waals surface area contributed by atoms with Crippen molar-refractivity contribution in [3.63, 3.8) is 0 Å². The van der Waals surface area contributed by atoms with Gasteiger partial charge in [-0.15, -0.1) is 0 Å². The van der Waals surface area contributed by atoms with E-state index in [0.717, 1.165) is 17.1 Å². The fourth-order valence-electron chi connectivity index (χ4n) is 4.09. The number of para-hydroxylation sites is 2. The molecule has 0 aliphatic carbocycles. The van der Waals surface area contributed by atoms with E-state index < -0.39 is 0 Å². The Kier molecular flexibility index (Phi) is 8.68. The molecular formula is C29H42N2. The van der Waals surface area contributed by atoms with Crippen molar-refractivity contribution in [1.29, 1.82) is 0 Å². The SMILES string of the molecule is CC(=CC(C)=Nc1c(C(C)C)cccc1C(C)C)Nc1c(C(C)C)cccc1C(C)C. The summed E-state index contributed by atoms with van der Waals surface area (Å²) in [5.41, 5.74) is 9.88. The van der Waals surface area contributed by atoms with E-state index in [-0.39, 0.29) is 0 Å². The minimum atomic E-state index is 0.444. The van der Waals surface area contributed by atoms with Crippen molar-refractivity contribution in [2.24, 2.45) is 4.99 Å². The van der Waals surface area contributed by atoms with E-state index in [1.54, 1.807) is 0 Å². The highest BCUT2D eigenvalue weighted by Crippen LogP contribution is 2.35. The normalized spacial score (nSPS) is 13.1. The molecule has 1 N–H and O–H groups in total. The molecule has 2 heteroatoms. The maximum atomic E-state index is 5.10. The first-order valence-electron chi connectivity index (χ1n) is 11.8. The first-order chi connectivity index (χ1) is 14.5. The molecule has 0 atom stereocenters. The Labute approximate surface area is 190 Å². The molecule has 2 rings (SSSR count). The molecule has 0 amide bonds. The van der Waals surface area contributed by atoms with Crippen LogP contribution in [0.3, 0.4) is 0 Å². The number of hydrogen-bond acceptors (Lipinski definition) is 2. The number of anilines is 1. The van der Waals surface area contributed by atoms with Crippen LogP contribution in [-0.2, 0) is 0 Å². The predicted molar refractivity (Wildman–Crippen MR) is 139 cm³/mol. The Morgan fingerprint density at radius 3 is 1.45 bits per heavy atom. The second-order valence-electron chi connectivity index (χ2n) is 9.92. The van der Waals surface area contributed by atoms with Gasteiger partial charge < -0.3 is 5.32 Å². The maximum Gasteiger partial charge on any atom is 0.0701 e. The van der Waals surface area contributed by atoms with E-state index in [9.17, 15) is 0 Å². The summed E-state index contributed by atoms with van der Waals surface area (Å²) < 4.78 is 0. The van der Waals surface area contributed by atoms with Gasteiger partial charge in [0.25, 0.3) is 0 Å². The molecule has 0 aliphatic rings. The van der Waals surface area contributed by atoms with E-state index in [4.69, 9.17) is 4.99 Å². The van der Waals surface area contributed by atoms with E-state index >= 15 is 0 Å². The molecular weight excluding hydrogens is 376 g/mol. The summed E-state index contributed by atoms with van der Waals surface area (Å²) in [6, 6.07) is 13.2. The third-order valence-electron chi connectivity index (χ3n) is 5.75. The van der Waals surface area contributed by atoms with Gasteiger partial charge in [-0.3, -0.25) is 4.99 Å². The molecule has 0 aromatic heterocycles. The standard InChI is InChI=1S/C29H42N2/c1-18(2)24-13-11-14-25(19(3)4)28(24)30-22(9)17-23(10)31-29-26(20(5)6)15-12-16-27(29)21(7)8/h11-21,30H,1-10H3. The number of nitrogens with one attached hydrogen (secondary N) is 1. The molecule has 0 saturated heterocycles. The summed E-state index contributed by atoms with van der Waals surface area (Å²) >= 11 is 0. The van der Waals surface area contributed by atoms with Gasteiger partial charge in [-0.05, 0) is 65.8 Å². The van der Waals surface area contributed by atoms with Gasteiger partial charge in [-0.1, -0.05) is 91.8 Å². The van der Waals surface area contributed by atoms with Crippen molar-refractivity contribution in [3.05, 3.63) is 70.4 Å². The molecule has 0 saturated carbocycles. The Morgan fingerprint density at radius 2 is 1.06 bits per heavy atom. The lowest BCUT2D eigenvalue weighted by atomic mass is 9.92. The molecule has 2 aromatic carbocycles. The smallest absolute Gasteiger partial charge is 0.0701 e. The lowest BCUT2D eigenvalue weighted by Crippen LogP contribution is -2.07. The Morgan fingerprint density at radius 1 is 0.677 bits per heavy atom. The highest BCUT2D eigenvalue weighted by Gasteiger charge is 2.15. The monoisotopic (exact) mass is 418 g/mol. The third-order valence-corrected chi connectivity index (χ3v) is 5.75. The predicted octanol–water partition coefficient (Wildman–Crippen LogP) is 9.29. The zero-order chi connectivity index (χ0) is 23.3. The van der Waals surface area contributed by atoms with E-state index in [0.29, 0.717) is 23.7 Å². The first kappa shape index (κ1) is 24.9. The summed E-state index contributed by atoms with van der Waals surface area (Å²) in [5.74, 6) is 1.82. The number of hydrogen-bond donors (Lipinski definition) is 1. The van der Waals surface area contributed by atoms with Gasteiger partial charge in [-0.2, -0.15) is 0 Å². The average molecular weight is 419 g/mol. The van der Waals surface area contributed by atoms with Gasteiger partial charge in [0.1, 0.15) is 0 Å². The first-order valence-corrected chi connectivity index (χ1v) is 11.8. The number of benzene rings is 2. The lowest BCUT2D eigenvalue weighted by molar-refractivity contribution is 0.834. The van der Waals surface area contributed by atoms with Crippen LogP contribution in [0.25, 0.3) is 0 Å². The lowest BCUT2D eigenvalue weighted by Gasteiger charge is -2.21. The van der Waals surface area contributed by atoms with E-state index in [1.165, 1.54) is 27.9 Å². The van der Waals surface area contributed by atoms with E-state index in [1.807, 2.05) is 0 Å². The molecule has 168 valence electrons. The molecule has 31 heavy (non-hydrogen) atoms. The Bertz CT molecular complexity index is 891. The zero-order valence-corrected chi connectivity index (χ0v) is 21.3. The summed E-state index contributed by atoms with van der Waals surface area (Å²) in [4.78, 5) is 5.10. The van der Waals surface area contributed by atoms with Gasteiger partial charge in [0.15, 0.2) is 0 Å². The van der Waals surface area contributed by atoms with Crippen molar-refractivity contribution in [3.8, 4) is 0 Å². The number of aliphatic imine (C=N–C) groups is 1. The molecule has 0 aliphatic heterocycles. The van der Waals surface area contributed by atoms with Gasteiger partial charge in [0, 0.05) is 17.1 Å². The minimum absolute atomic E-state index is 0.444. The van der Waals surface area contributed by atoms with Crippen LogP contribution in [0, 0.1) is 0 Å². The quantitative estimate of drug-likeness (QED) is 0.424. The van der Waals surface area contributed by atoms with Crippen LogP contribution < -0.4 is 5.32 Å². The van der Waals surface area contributed by atoms with Gasteiger partial charge in [0.2, 0.25) is 0 Å². The van der Waals surface area contributed by atoms with Crippen molar-refractivity contribution in [2.45, 2.75) is 92.9 Å². The van der Waals surface area contributed by atoms with Crippen LogP contribution in [0.4, 0.5) is 11.4 Å². The van der Waals surface area contributed by atoms with Crippen molar-refractivity contribution in [1.82, 2.24) is 0 Å². The third kappa shape index (κ3) is 6.32. The summed E-state index contributed by atoms with van der Waals surface area (Å²) in [6.45, 7) is 22.2. The van der Waals surface area contributed by atoms with Gasteiger partial charge in [-0.25, -0.2) is 0 Å². The van der Waals surface area contributed by atoms with E-state index in [2.05, 4.69) is 117 Å². The molecule has 0 bridgehead atoms. The largest absolute Gasteiger partial charge is 0.359 e. The van der Waals surface area contributed by atoms with Crippen molar-refractivity contribution >= 4 is 17.1 Å². The van der Waals surface area contributed by atoms with Crippen LogP contribution in [0.5, 0.6) is 0 Å². The maximum absolute atomic E-state index is 5.10. The second-order valence-corrected chi connectivity index (χ2v) is 9.92. The second kappa shape index (κ2) is 10.8. The number of nitrogens with zero attached hydrogens (tertiary/aromatic N) is 1.